The van der Waals surface area contributed by atoms with Gasteiger partial charge in [0.1, 0.15) is 11.8 Å². The summed E-state index contributed by atoms with van der Waals surface area (Å²) in [5.41, 5.74) is 0.315. The minimum absolute atomic E-state index is 0.0557. The van der Waals surface area contributed by atoms with Crippen molar-refractivity contribution in [3.05, 3.63) is 29.8 Å². The van der Waals surface area contributed by atoms with E-state index in [2.05, 4.69) is 5.32 Å². The standard InChI is InChI=1S/C12H15NO4/c1-7(2)10(12(16)17)13-11(15)8-3-5-9(14)6-4-8/h3-7,10,14H,1-2H3,(H,13,15)(H,16,17)/t10-/m0/s1. The van der Waals surface area contributed by atoms with Crippen LogP contribution in [0.3, 0.4) is 0 Å². The molecular weight excluding hydrogens is 222 g/mol. The van der Waals surface area contributed by atoms with Crippen LogP contribution < -0.4 is 5.32 Å². The van der Waals surface area contributed by atoms with E-state index in [1.54, 1.807) is 13.8 Å². The number of amides is 1. The van der Waals surface area contributed by atoms with Gasteiger partial charge in [-0.2, -0.15) is 0 Å². The van der Waals surface area contributed by atoms with E-state index in [-0.39, 0.29) is 11.7 Å². The first-order valence-corrected chi connectivity index (χ1v) is 5.24. The van der Waals surface area contributed by atoms with Crippen molar-refractivity contribution in [1.82, 2.24) is 5.32 Å². The maximum absolute atomic E-state index is 11.7. The van der Waals surface area contributed by atoms with Crippen LogP contribution in [0.2, 0.25) is 0 Å². The van der Waals surface area contributed by atoms with Crippen molar-refractivity contribution < 1.29 is 19.8 Å². The van der Waals surface area contributed by atoms with Crippen molar-refractivity contribution in [3.8, 4) is 5.75 Å². The molecule has 0 saturated carbocycles. The van der Waals surface area contributed by atoms with Gasteiger partial charge in [0.25, 0.3) is 5.91 Å². The fraction of sp³-hybridized carbons (Fsp3) is 0.333. The van der Waals surface area contributed by atoms with E-state index < -0.39 is 17.9 Å². The Hall–Kier alpha value is -2.04. The van der Waals surface area contributed by atoms with Crippen LogP contribution in [0.25, 0.3) is 0 Å². The molecule has 3 N–H and O–H groups in total. The number of benzene rings is 1. The molecule has 1 atom stereocenters. The third-order valence-electron chi connectivity index (χ3n) is 2.35. The Balaban J connectivity index is 2.77. The minimum Gasteiger partial charge on any atom is -0.508 e. The molecule has 0 heterocycles. The van der Waals surface area contributed by atoms with E-state index in [0.29, 0.717) is 5.56 Å². The highest BCUT2D eigenvalue weighted by molar-refractivity contribution is 5.96. The zero-order chi connectivity index (χ0) is 13.0. The van der Waals surface area contributed by atoms with Gasteiger partial charge in [-0.15, -0.1) is 0 Å². The summed E-state index contributed by atoms with van der Waals surface area (Å²) in [4.78, 5) is 22.6. The monoisotopic (exact) mass is 237 g/mol. The second-order valence-electron chi connectivity index (χ2n) is 4.08. The number of hydrogen-bond donors (Lipinski definition) is 3. The molecular formula is C12H15NO4. The minimum atomic E-state index is -1.06. The second-order valence-corrected chi connectivity index (χ2v) is 4.08. The molecule has 92 valence electrons. The van der Waals surface area contributed by atoms with Gasteiger partial charge < -0.3 is 15.5 Å². The van der Waals surface area contributed by atoms with E-state index in [0.717, 1.165) is 0 Å². The van der Waals surface area contributed by atoms with Gasteiger partial charge in [0.2, 0.25) is 0 Å². The van der Waals surface area contributed by atoms with Crippen LogP contribution in [0.15, 0.2) is 24.3 Å². The largest absolute Gasteiger partial charge is 0.508 e. The first kappa shape index (κ1) is 13.0. The predicted molar refractivity (Wildman–Crippen MR) is 61.8 cm³/mol. The highest BCUT2D eigenvalue weighted by Gasteiger charge is 2.23. The van der Waals surface area contributed by atoms with Crippen molar-refractivity contribution in [2.24, 2.45) is 5.92 Å². The van der Waals surface area contributed by atoms with Crippen LogP contribution in [0.1, 0.15) is 24.2 Å². The average Bonchev–Trinajstić information content (AvgIpc) is 2.25. The molecule has 1 amide bonds. The van der Waals surface area contributed by atoms with Crippen molar-refractivity contribution in [1.29, 1.82) is 0 Å². The van der Waals surface area contributed by atoms with Crippen LogP contribution in [0.4, 0.5) is 0 Å². The summed E-state index contributed by atoms with van der Waals surface area (Å²) in [5, 5.41) is 20.4. The SMILES string of the molecule is CC(C)[C@H](NC(=O)c1ccc(O)cc1)C(=O)O. The first-order chi connectivity index (χ1) is 7.91. The normalized spacial score (nSPS) is 12.2. The maximum atomic E-state index is 11.7. The van der Waals surface area contributed by atoms with Gasteiger partial charge in [0.15, 0.2) is 0 Å². The predicted octanol–water partition coefficient (Wildman–Crippen LogP) is 1.23. The molecule has 0 radical (unpaired) electrons. The van der Waals surface area contributed by atoms with Gasteiger partial charge >= 0.3 is 5.97 Å². The lowest BCUT2D eigenvalue weighted by atomic mass is 10.0. The van der Waals surface area contributed by atoms with E-state index in [1.165, 1.54) is 24.3 Å². The molecule has 0 bridgehead atoms. The summed E-state index contributed by atoms with van der Waals surface area (Å²) in [5.74, 6) is -1.67. The molecule has 0 aliphatic carbocycles. The van der Waals surface area contributed by atoms with Crippen LogP contribution >= 0.6 is 0 Å². The summed E-state index contributed by atoms with van der Waals surface area (Å²) < 4.78 is 0. The van der Waals surface area contributed by atoms with Crippen LogP contribution in [-0.2, 0) is 4.79 Å². The van der Waals surface area contributed by atoms with Crippen LogP contribution in [0, 0.1) is 5.92 Å². The smallest absolute Gasteiger partial charge is 0.326 e. The molecule has 0 aromatic heterocycles. The number of carbonyl (C=O) groups is 2. The third kappa shape index (κ3) is 3.48. The Labute approximate surface area is 99.1 Å². The fourth-order valence-corrected chi connectivity index (χ4v) is 1.35. The molecule has 0 aliphatic rings. The Morgan fingerprint density at radius 1 is 1.18 bits per heavy atom. The number of carbonyl (C=O) groups excluding carboxylic acids is 1. The lowest BCUT2D eigenvalue weighted by molar-refractivity contribution is -0.140. The topological polar surface area (TPSA) is 86.6 Å². The molecule has 1 aromatic rings. The quantitative estimate of drug-likeness (QED) is 0.735. The van der Waals surface area contributed by atoms with Crippen LogP contribution in [0.5, 0.6) is 5.75 Å². The molecule has 5 heteroatoms. The number of rotatable bonds is 4. The molecule has 0 saturated heterocycles. The fourth-order valence-electron chi connectivity index (χ4n) is 1.35. The van der Waals surface area contributed by atoms with Gasteiger partial charge in [0.05, 0.1) is 0 Å². The molecule has 17 heavy (non-hydrogen) atoms. The third-order valence-corrected chi connectivity index (χ3v) is 2.35. The lowest BCUT2D eigenvalue weighted by Gasteiger charge is -2.17. The number of phenols is 1. The average molecular weight is 237 g/mol. The zero-order valence-electron chi connectivity index (χ0n) is 9.68. The van der Waals surface area contributed by atoms with E-state index >= 15 is 0 Å². The number of aliphatic carboxylic acids is 1. The summed E-state index contributed by atoms with van der Waals surface area (Å²) in [6.45, 7) is 3.44. The van der Waals surface area contributed by atoms with E-state index in [4.69, 9.17) is 10.2 Å². The molecule has 0 aliphatic heterocycles. The van der Waals surface area contributed by atoms with Crippen molar-refractivity contribution >= 4 is 11.9 Å². The number of carboxylic acids is 1. The van der Waals surface area contributed by atoms with Gasteiger partial charge in [-0.1, -0.05) is 13.8 Å². The highest BCUT2D eigenvalue weighted by atomic mass is 16.4. The van der Waals surface area contributed by atoms with E-state index in [1.807, 2.05) is 0 Å². The van der Waals surface area contributed by atoms with Crippen LogP contribution in [-0.4, -0.2) is 28.1 Å². The van der Waals surface area contributed by atoms with Crippen molar-refractivity contribution in [2.45, 2.75) is 19.9 Å². The molecule has 0 fully saturated rings. The summed E-state index contributed by atoms with van der Waals surface area (Å²) >= 11 is 0. The summed E-state index contributed by atoms with van der Waals surface area (Å²) in [6.07, 6.45) is 0. The van der Waals surface area contributed by atoms with Gasteiger partial charge in [-0.05, 0) is 30.2 Å². The second kappa shape index (κ2) is 5.34. The van der Waals surface area contributed by atoms with Crippen molar-refractivity contribution in [2.75, 3.05) is 0 Å². The highest BCUT2D eigenvalue weighted by Crippen LogP contribution is 2.10. The maximum Gasteiger partial charge on any atom is 0.326 e. The molecule has 5 nitrogen and oxygen atoms in total. The van der Waals surface area contributed by atoms with Gasteiger partial charge in [0, 0.05) is 5.56 Å². The molecule has 0 spiro atoms. The Kier molecular flexibility index (Phi) is 4.09. The summed E-state index contributed by atoms with van der Waals surface area (Å²) in [7, 11) is 0. The summed E-state index contributed by atoms with van der Waals surface area (Å²) in [6, 6.07) is 4.70. The number of phenolic OH excluding ortho intramolecular Hbond substituents is 1. The number of aromatic hydroxyl groups is 1. The van der Waals surface area contributed by atoms with Gasteiger partial charge in [-0.25, -0.2) is 4.79 Å². The Bertz CT molecular complexity index is 411. The van der Waals surface area contributed by atoms with Crippen molar-refractivity contribution in [3.63, 3.8) is 0 Å². The Morgan fingerprint density at radius 3 is 2.12 bits per heavy atom. The zero-order valence-corrected chi connectivity index (χ0v) is 9.68. The van der Waals surface area contributed by atoms with Gasteiger partial charge in [-0.3, -0.25) is 4.79 Å². The molecule has 1 aromatic carbocycles. The van der Waals surface area contributed by atoms with E-state index in [9.17, 15) is 9.59 Å². The lowest BCUT2D eigenvalue weighted by Crippen LogP contribution is -2.44. The first-order valence-electron chi connectivity index (χ1n) is 5.24. The number of hydrogen-bond acceptors (Lipinski definition) is 3. The Morgan fingerprint density at radius 2 is 1.71 bits per heavy atom. The number of carboxylic acid groups (broad SMARTS) is 1. The molecule has 0 unspecified atom stereocenters. The molecule has 1 rings (SSSR count). The number of nitrogens with one attached hydrogen (secondary N) is 1.